The molecule has 2 rings (SSSR count). The zero-order valence-electron chi connectivity index (χ0n) is 6.93. The van der Waals surface area contributed by atoms with E-state index in [1.807, 2.05) is 0 Å². The first-order valence-corrected chi connectivity index (χ1v) is 4.45. The van der Waals surface area contributed by atoms with Crippen molar-refractivity contribution in [3.63, 3.8) is 0 Å². The molecule has 3 N–H and O–H groups in total. The maximum absolute atomic E-state index is 9.55. The fraction of sp³-hybridized carbons (Fsp3) is 1.00. The lowest BCUT2D eigenvalue weighted by Crippen LogP contribution is -2.36. The van der Waals surface area contributed by atoms with E-state index in [-0.39, 0.29) is 24.7 Å². The van der Waals surface area contributed by atoms with Crippen molar-refractivity contribution in [3.8, 4) is 0 Å². The molecule has 4 heteroatoms. The van der Waals surface area contributed by atoms with Crippen LogP contribution in [0.4, 0.5) is 0 Å². The molecule has 2 aliphatic rings. The van der Waals surface area contributed by atoms with Gasteiger partial charge in [-0.25, -0.2) is 0 Å². The van der Waals surface area contributed by atoms with E-state index in [0.29, 0.717) is 6.54 Å². The molecule has 0 unspecified atom stereocenters. The van der Waals surface area contributed by atoms with Crippen molar-refractivity contribution < 1.29 is 15.3 Å². The molecular formula is C8H15NO3. The number of hydrogen-bond donors (Lipinski definition) is 3. The van der Waals surface area contributed by atoms with Crippen LogP contribution in [0.5, 0.6) is 0 Å². The summed E-state index contributed by atoms with van der Waals surface area (Å²) in [4.78, 5) is 2.07. The molecule has 0 radical (unpaired) electrons. The molecule has 4 nitrogen and oxygen atoms in total. The molecule has 2 fully saturated rings. The minimum atomic E-state index is -0.463. The molecule has 0 saturated carbocycles. The van der Waals surface area contributed by atoms with E-state index in [4.69, 9.17) is 5.11 Å². The molecule has 2 heterocycles. The van der Waals surface area contributed by atoms with E-state index in [2.05, 4.69) is 4.90 Å². The Kier molecular flexibility index (Phi) is 2.08. The van der Waals surface area contributed by atoms with Crippen LogP contribution in [0, 0.1) is 5.92 Å². The Bertz CT molecular complexity index is 176. The fourth-order valence-electron chi connectivity index (χ4n) is 2.46. The van der Waals surface area contributed by atoms with Gasteiger partial charge in [0, 0.05) is 25.0 Å². The van der Waals surface area contributed by atoms with E-state index in [1.165, 1.54) is 0 Å². The summed E-state index contributed by atoms with van der Waals surface area (Å²) >= 11 is 0. The van der Waals surface area contributed by atoms with Crippen LogP contribution in [-0.4, -0.2) is 58.2 Å². The average Bonchev–Trinajstić information content (AvgIpc) is 2.52. The van der Waals surface area contributed by atoms with E-state index < -0.39 is 6.10 Å². The highest BCUT2D eigenvalue weighted by atomic mass is 16.3. The number of fused-ring (bicyclic) bond motifs is 1. The highest BCUT2D eigenvalue weighted by Gasteiger charge is 2.47. The topological polar surface area (TPSA) is 63.9 Å². The Morgan fingerprint density at radius 3 is 2.67 bits per heavy atom. The van der Waals surface area contributed by atoms with Crippen LogP contribution in [0.15, 0.2) is 0 Å². The SMILES string of the molecule is OC[C@H]1[C@@H]2[C@@H](O)CCN2C[C@@H]1O. The Morgan fingerprint density at radius 1 is 1.25 bits per heavy atom. The second-order valence-electron chi connectivity index (χ2n) is 3.76. The van der Waals surface area contributed by atoms with Gasteiger partial charge in [0.1, 0.15) is 0 Å². The van der Waals surface area contributed by atoms with Gasteiger partial charge in [0.15, 0.2) is 0 Å². The standard InChI is InChI=1S/C8H15NO3/c10-4-5-7(12)3-9-2-1-6(11)8(5)9/h5-8,10-12H,1-4H2/t5-,6+,7+,8-/m1/s1. The Balaban J connectivity index is 2.12. The van der Waals surface area contributed by atoms with Crippen LogP contribution < -0.4 is 0 Å². The third-order valence-electron chi connectivity index (χ3n) is 3.09. The minimum absolute atomic E-state index is 0.00926. The van der Waals surface area contributed by atoms with E-state index in [1.54, 1.807) is 0 Å². The molecule has 2 saturated heterocycles. The Labute approximate surface area is 71.4 Å². The van der Waals surface area contributed by atoms with E-state index >= 15 is 0 Å². The highest BCUT2D eigenvalue weighted by molar-refractivity contribution is 5.00. The predicted molar refractivity (Wildman–Crippen MR) is 42.6 cm³/mol. The van der Waals surface area contributed by atoms with Crippen molar-refractivity contribution >= 4 is 0 Å². The number of aliphatic hydroxyl groups is 3. The molecule has 2 aliphatic heterocycles. The first-order valence-electron chi connectivity index (χ1n) is 4.45. The molecule has 12 heavy (non-hydrogen) atoms. The van der Waals surface area contributed by atoms with Crippen LogP contribution in [0.3, 0.4) is 0 Å². The Morgan fingerprint density at radius 2 is 2.00 bits per heavy atom. The predicted octanol–water partition coefficient (Wildman–Crippen LogP) is -1.60. The fourth-order valence-corrected chi connectivity index (χ4v) is 2.46. The zero-order valence-corrected chi connectivity index (χ0v) is 6.93. The number of rotatable bonds is 1. The van der Waals surface area contributed by atoms with Crippen LogP contribution in [0.25, 0.3) is 0 Å². The molecule has 0 bridgehead atoms. The van der Waals surface area contributed by atoms with Crippen molar-refractivity contribution in [1.29, 1.82) is 0 Å². The van der Waals surface area contributed by atoms with Crippen LogP contribution >= 0.6 is 0 Å². The van der Waals surface area contributed by atoms with Crippen molar-refractivity contribution in [1.82, 2.24) is 4.90 Å². The smallest absolute Gasteiger partial charge is 0.0733 e. The van der Waals surface area contributed by atoms with Gasteiger partial charge in [-0.05, 0) is 6.42 Å². The largest absolute Gasteiger partial charge is 0.396 e. The lowest BCUT2D eigenvalue weighted by atomic mass is 9.95. The van der Waals surface area contributed by atoms with Gasteiger partial charge >= 0.3 is 0 Å². The van der Waals surface area contributed by atoms with Gasteiger partial charge < -0.3 is 15.3 Å². The van der Waals surface area contributed by atoms with Crippen molar-refractivity contribution in [2.75, 3.05) is 19.7 Å². The molecule has 4 atom stereocenters. The summed E-state index contributed by atoms with van der Waals surface area (Å²) in [6.45, 7) is 1.42. The second-order valence-corrected chi connectivity index (χ2v) is 3.76. The quantitative estimate of drug-likeness (QED) is 0.447. The summed E-state index contributed by atoms with van der Waals surface area (Å²) in [6.07, 6.45) is -0.0531. The van der Waals surface area contributed by atoms with E-state index in [9.17, 15) is 10.2 Å². The van der Waals surface area contributed by atoms with Gasteiger partial charge in [-0.1, -0.05) is 0 Å². The lowest BCUT2D eigenvalue weighted by molar-refractivity contribution is 0.0518. The molecule has 0 aromatic heterocycles. The number of nitrogens with zero attached hydrogens (tertiary/aromatic N) is 1. The van der Waals surface area contributed by atoms with Crippen LogP contribution in [0.1, 0.15) is 6.42 Å². The van der Waals surface area contributed by atoms with E-state index in [0.717, 1.165) is 13.0 Å². The summed E-state index contributed by atoms with van der Waals surface area (Å²) in [5, 5.41) is 28.1. The van der Waals surface area contributed by atoms with Gasteiger partial charge in [0.2, 0.25) is 0 Å². The van der Waals surface area contributed by atoms with Gasteiger partial charge in [-0.15, -0.1) is 0 Å². The Hall–Kier alpha value is -0.160. The molecule has 0 aromatic carbocycles. The summed E-state index contributed by atoms with van der Waals surface area (Å²) in [5.74, 6) is -0.150. The molecule has 0 amide bonds. The van der Waals surface area contributed by atoms with Crippen molar-refractivity contribution in [2.45, 2.75) is 24.7 Å². The zero-order chi connectivity index (χ0) is 8.72. The molecular weight excluding hydrogens is 158 g/mol. The number of hydrogen-bond acceptors (Lipinski definition) is 4. The number of aliphatic hydroxyl groups excluding tert-OH is 3. The average molecular weight is 173 g/mol. The summed E-state index contributed by atoms with van der Waals surface area (Å²) < 4.78 is 0. The van der Waals surface area contributed by atoms with Gasteiger partial charge in [-0.2, -0.15) is 0 Å². The third kappa shape index (κ3) is 1.07. The first kappa shape index (κ1) is 8.44. The summed E-state index contributed by atoms with van der Waals surface area (Å²) in [6, 6.07) is -0.00926. The van der Waals surface area contributed by atoms with Gasteiger partial charge in [0.05, 0.1) is 18.8 Å². The lowest BCUT2D eigenvalue weighted by Gasteiger charge is -2.21. The molecule has 0 aliphatic carbocycles. The second kappa shape index (κ2) is 2.96. The molecule has 70 valence electrons. The maximum Gasteiger partial charge on any atom is 0.0733 e. The highest BCUT2D eigenvalue weighted by Crippen LogP contribution is 2.32. The minimum Gasteiger partial charge on any atom is -0.396 e. The summed E-state index contributed by atoms with van der Waals surface area (Å²) in [5.41, 5.74) is 0. The third-order valence-corrected chi connectivity index (χ3v) is 3.09. The van der Waals surface area contributed by atoms with Crippen LogP contribution in [0.2, 0.25) is 0 Å². The van der Waals surface area contributed by atoms with Crippen molar-refractivity contribution in [3.05, 3.63) is 0 Å². The normalized spacial score (nSPS) is 48.2. The van der Waals surface area contributed by atoms with Gasteiger partial charge in [0.25, 0.3) is 0 Å². The van der Waals surface area contributed by atoms with Crippen LogP contribution in [-0.2, 0) is 0 Å². The van der Waals surface area contributed by atoms with Crippen molar-refractivity contribution in [2.24, 2.45) is 5.92 Å². The monoisotopic (exact) mass is 173 g/mol. The molecule has 0 spiro atoms. The van der Waals surface area contributed by atoms with Gasteiger partial charge in [-0.3, -0.25) is 4.90 Å². The first-order chi connectivity index (χ1) is 5.74. The maximum atomic E-state index is 9.55. The summed E-state index contributed by atoms with van der Waals surface area (Å²) in [7, 11) is 0. The molecule has 0 aromatic rings.